The summed E-state index contributed by atoms with van der Waals surface area (Å²) in [6.45, 7) is 6.00. The summed E-state index contributed by atoms with van der Waals surface area (Å²) in [6, 6.07) is 5.89. The number of hydrogen-bond donors (Lipinski definition) is 1. The van der Waals surface area contributed by atoms with Crippen molar-refractivity contribution in [3.63, 3.8) is 0 Å². The fourth-order valence-corrected chi connectivity index (χ4v) is 2.05. The van der Waals surface area contributed by atoms with Gasteiger partial charge in [-0.1, -0.05) is 25.1 Å². The Kier molecular flexibility index (Phi) is 6.21. The van der Waals surface area contributed by atoms with Gasteiger partial charge in [-0.2, -0.15) is 0 Å². The van der Waals surface area contributed by atoms with Crippen LogP contribution in [-0.2, 0) is 9.59 Å². The third kappa shape index (κ3) is 5.10. The van der Waals surface area contributed by atoms with Crippen LogP contribution >= 0.6 is 0 Å². The van der Waals surface area contributed by atoms with Gasteiger partial charge in [0.25, 0.3) is 0 Å². The minimum Gasteiger partial charge on any atom is -0.493 e. The highest BCUT2D eigenvalue weighted by molar-refractivity contribution is 5.77. The van der Waals surface area contributed by atoms with Crippen molar-refractivity contribution in [3.05, 3.63) is 29.3 Å². The van der Waals surface area contributed by atoms with Crippen molar-refractivity contribution < 1.29 is 19.4 Å². The van der Waals surface area contributed by atoms with Crippen LogP contribution in [0.3, 0.4) is 0 Å². The molecule has 1 aromatic rings. The van der Waals surface area contributed by atoms with Gasteiger partial charge in [-0.3, -0.25) is 9.59 Å². The number of amides is 1. The highest BCUT2D eigenvalue weighted by Crippen LogP contribution is 2.22. The van der Waals surface area contributed by atoms with E-state index in [-0.39, 0.29) is 25.5 Å². The number of carbonyl (C=O) groups is 2. The molecule has 1 aromatic carbocycles. The molecule has 1 N–H and O–H groups in total. The number of ether oxygens (including phenoxy) is 1. The predicted octanol–water partition coefficient (Wildman–Crippen LogP) is 2.25. The zero-order chi connectivity index (χ0) is 16.0. The first kappa shape index (κ1) is 17.0. The van der Waals surface area contributed by atoms with Gasteiger partial charge in [-0.25, -0.2) is 0 Å². The zero-order valence-corrected chi connectivity index (χ0v) is 13.0. The van der Waals surface area contributed by atoms with E-state index in [1.165, 1.54) is 4.90 Å². The van der Waals surface area contributed by atoms with Crippen LogP contribution in [0.2, 0.25) is 0 Å². The van der Waals surface area contributed by atoms with Crippen molar-refractivity contribution in [2.75, 3.05) is 20.2 Å². The molecule has 1 unspecified atom stereocenters. The first-order valence-electron chi connectivity index (χ1n) is 6.98. The van der Waals surface area contributed by atoms with Gasteiger partial charge < -0.3 is 14.7 Å². The molecule has 0 spiro atoms. The SMILES string of the molecule is Cc1cccc(C)c1OCCC(=O)N(C)CC(C)C(=O)O. The Morgan fingerprint density at radius 1 is 1.29 bits per heavy atom. The number of aryl methyl sites for hydroxylation is 2. The van der Waals surface area contributed by atoms with Gasteiger partial charge in [-0.15, -0.1) is 0 Å². The molecule has 116 valence electrons. The molecule has 5 nitrogen and oxygen atoms in total. The third-order valence-corrected chi connectivity index (χ3v) is 3.37. The van der Waals surface area contributed by atoms with Gasteiger partial charge in [0, 0.05) is 13.6 Å². The lowest BCUT2D eigenvalue weighted by atomic mass is 10.1. The molecule has 0 saturated carbocycles. The molecule has 0 aromatic heterocycles. The van der Waals surface area contributed by atoms with E-state index < -0.39 is 11.9 Å². The summed E-state index contributed by atoms with van der Waals surface area (Å²) in [5, 5.41) is 8.84. The largest absolute Gasteiger partial charge is 0.493 e. The summed E-state index contributed by atoms with van der Waals surface area (Å²) in [6.07, 6.45) is 0.233. The van der Waals surface area contributed by atoms with Crippen LogP contribution in [0.4, 0.5) is 0 Å². The Morgan fingerprint density at radius 3 is 2.38 bits per heavy atom. The number of para-hydroxylation sites is 1. The van der Waals surface area contributed by atoms with Crippen molar-refractivity contribution in [2.45, 2.75) is 27.2 Å². The fourth-order valence-electron chi connectivity index (χ4n) is 2.05. The van der Waals surface area contributed by atoms with Gasteiger partial charge in [0.15, 0.2) is 0 Å². The number of nitrogens with zero attached hydrogens (tertiary/aromatic N) is 1. The van der Waals surface area contributed by atoms with Crippen LogP contribution in [0, 0.1) is 19.8 Å². The lowest BCUT2D eigenvalue weighted by Crippen LogP contribution is -2.34. The van der Waals surface area contributed by atoms with Crippen LogP contribution in [0.5, 0.6) is 5.75 Å². The smallest absolute Gasteiger partial charge is 0.308 e. The van der Waals surface area contributed by atoms with Crippen LogP contribution < -0.4 is 4.74 Å². The van der Waals surface area contributed by atoms with Crippen molar-refractivity contribution in [1.29, 1.82) is 0 Å². The summed E-state index contributed by atoms with van der Waals surface area (Å²) in [7, 11) is 1.61. The third-order valence-electron chi connectivity index (χ3n) is 3.37. The maximum absolute atomic E-state index is 11.9. The van der Waals surface area contributed by atoms with E-state index in [0.29, 0.717) is 0 Å². The molecule has 0 heterocycles. The fraction of sp³-hybridized carbons (Fsp3) is 0.500. The van der Waals surface area contributed by atoms with E-state index in [0.717, 1.165) is 16.9 Å². The molecule has 1 rings (SSSR count). The van der Waals surface area contributed by atoms with Gasteiger partial charge in [0.05, 0.1) is 18.9 Å². The molecular formula is C16H23NO4. The summed E-state index contributed by atoms with van der Waals surface area (Å²) in [4.78, 5) is 24.1. The number of benzene rings is 1. The average Bonchev–Trinajstić information content (AvgIpc) is 2.41. The van der Waals surface area contributed by atoms with Crippen LogP contribution in [0.1, 0.15) is 24.5 Å². The van der Waals surface area contributed by atoms with Gasteiger partial charge in [0.1, 0.15) is 5.75 Å². The number of carboxylic acid groups (broad SMARTS) is 1. The van der Waals surface area contributed by atoms with E-state index in [2.05, 4.69) is 0 Å². The quantitative estimate of drug-likeness (QED) is 0.837. The van der Waals surface area contributed by atoms with Crippen LogP contribution in [0.25, 0.3) is 0 Å². The summed E-state index contributed by atoms with van der Waals surface area (Å²) in [5.41, 5.74) is 2.07. The number of carboxylic acids is 1. The van der Waals surface area contributed by atoms with Crippen LogP contribution in [0.15, 0.2) is 18.2 Å². The first-order valence-corrected chi connectivity index (χ1v) is 6.98. The van der Waals surface area contributed by atoms with Gasteiger partial charge >= 0.3 is 5.97 Å². The lowest BCUT2D eigenvalue weighted by molar-refractivity contribution is -0.142. The molecule has 0 aliphatic heterocycles. The number of carbonyl (C=O) groups excluding carboxylic acids is 1. The predicted molar refractivity (Wildman–Crippen MR) is 80.5 cm³/mol. The standard InChI is InChI=1S/C16H23NO4/c1-11-6-5-7-12(2)15(11)21-9-8-14(18)17(4)10-13(3)16(19)20/h5-7,13H,8-10H2,1-4H3,(H,19,20). The van der Waals surface area contributed by atoms with Gasteiger partial charge in [0.2, 0.25) is 5.91 Å². The minimum atomic E-state index is -0.901. The van der Waals surface area contributed by atoms with Gasteiger partial charge in [-0.05, 0) is 25.0 Å². The molecule has 0 fully saturated rings. The van der Waals surface area contributed by atoms with E-state index in [4.69, 9.17) is 9.84 Å². The molecule has 0 aliphatic rings. The van der Waals surface area contributed by atoms with Crippen molar-refractivity contribution >= 4 is 11.9 Å². The normalized spacial score (nSPS) is 11.8. The van der Waals surface area contributed by atoms with Crippen molar-refractivity contribution in [2.24, 2.45) is 5.92 Å². The van der Waals surface area contributed by atoms with E-state index in [1.54, 1.807) is 14.0 Å². The maximum atomic E-state index is 11.9. The molecule has 5 heteroatoms. The Morgan fingerprint density at radius 2 is 1.86 bits per heavy atom. The second-order valence-corrected chi connectivity index (χ2v) is 5.33. The number of aliphatic carboxylic acids is 1. The van der Waals surface area contributed by atoms with Crippen LogP contribution in [-0.4, -0.2) is 42.1 Å². The number of hydrogen-bond acceptors (Lipinski definition) is 3. The van der Waals surface area contributed by atoms with E-state index >= 15 is 0 Å². The second kappa shape index (κ2) is 7.67. The molecular weight excluding hydrogens is 270 g/mol. The Bertz CT molecular complexity index is 493. The molecule has 0 bridgehead atoms. The first-order chi connectivity index (χ1) is 9.82. The zero-order valence-electron chi connectivity index (χ0n) is 13.0. The number of rotatable bonds is 7. The summed E-state index contributed by atoms with van der Waals surface area (Å²) in [5.74, 6) is -0.777. The minimum absolute atomic E-state index is 0.116. The van der Waals surface area contributed by atoms with Crippen molar-refractivity contribution in [3.8, 4) is 5.75 Å². The monoisotopic (exact) mass is 293 g/mol. The molecule has 0 saturated heterocycles. The second-order valence-electron chi connectivity index (χ2n) is 5.33. The lowest BCUT2D eigenvalue weighted by Gasteiger charge is -2.20. The molecule has 0 radical (unpaired) electrons. The van der Waals surface area contributed by atoms with Crippen molar-refractivity contribution in [1.82, 2.24) is 4.90 Å². The molecule has 1 amide bonds. The highest BCUT2D eigenvalue weighted by atomic mass is 16.5. The Hall–Kier alpha value is -2.04. The summed E-state index contributed by atoms with van der Waals surface area (Å²) < 4.78 is 5.68. The maximum Gasteiger partial charge on any atom is 0.308 e. The van der Waals surface area contributed by atoms with E-state index in [1.807, 2.05) is 32.0 Å². The Labute approximate surface area is 125 Å². The Balaban J connectivity index is 2.45. The highest BCUT2D eigenvalue weighted by Gasteiger charge is 2.17. The molecule has 0 aliphatic carbocycles. The molecule has 21 heavy (non-hydrogen) atoms. The van der Waals surface area contributed by atoms with E-state index in [9.17, 15) is 9.59 Å². The summed E-state index contributed by atoms with van der Waals surface area (Å²) >= 11 is 0. The molecule has 1 atom stereocenters. The average molecular weight is 293 g/mol. The topological polar surface area (TPSA) is 66.8 Å².